The molecule has 0 aliphatic heterocycles. The number of aryl methyl sites for hydroxylation is 1. The molecule has 6 heteroatoms. The van der Waals surface area contributed by atoms with Crippen molar-refractivity contribution in [1.29, 1.82) is 0 Å². The number of hydrogen-bond acceptors (Lipinski definition) is 4. The third-order valence-corrected chi connectivity index (χ3v) is 3.77. The lowest BCUT2D eigenvalue weighted by molar-refractivity contribution is 0.244. The van der Waals surface area contributed by atoms with Gasteiger partial charge in [0.25, 0.3) is 0 Å². The van der Waals surface area contributed by atoms with Crippen LogP contribution in [0, 0.1) is 6.92 Å². The highest BCUT2D eigenvalue weighted by molar-refractivity contribution is 7.13. The highest BCUT2D eigenvalue weighted by Gasteiger charge is 2.16. The number of carbonyl (C=O) groups is 1. The van der Waals surface area contributed by atoms with Gasteiger partial charge < -0.3 is 10.2 Å². The second-order valence-electron chi connectivity index (χ2n) is 5.12. The van der Waals surface area contributed by atoms with Crippen molar-refractivity contribution in [2.45, 2.75) is 13.0 Å². The van der Waals surface area contributed by atoms with Crippen LogP contribution in [0.1, 0.15) is 17.3 Å². The summed E-state index contributed by atoms with van der Waals surface area (Å²) >= 11 is 1.42. The van der Waals surface area contributed by atoms with Gasteiger partial charge in [0.1, 0.15) is 0 Å². The van der Waals surface area contributed by atoms with E-state index >= 15 is 0 Å². The molecule has 112 valence electrons. The molecule has 1 aromatic heterocycles. The smallest absolute Gasteiger partial charge is 0.321 e. The molecule has 0 saturated carbocycles. The number of urea groups is 1. The van der Waals surface area contributed by atoms with Gasteiger partial charge in [0.05, 0.1) is 11.7 Å². The number of nitrogens with one attached hydrogen (secondary N) is 2. The molecule has 2 rings (SSSR count). The van der Waals surface area contributed by atoms with E-state index in [9.17, 15) is 4.79 Å². The number of likely N-dealkylation sites (N-methyl/N-ethyl adjacent to an activating group) is 1. The number of hydrogen-bond donors (Lipinski definition) is 2. The van der Waals surface area contributed by atoms with Gasteiger partial charge in [0.15, 0.2) is 5.13 Å². The van der Waals surface area contributed by atoms with E-state index in [-0.39, 0.29) is 12.1 Å². The summed E-state index contributed by atoms with van der Waals surface area (Å²) in [5, 5.41) is 8.29. The largest absolute Gasteiger partial charge is 0.330 e. The highest BCUT2D eigenvalue weighted by Crippen LogP contribution is 2.16. The maximum atomic E-state index is 12.1. The summed E-state index contributed by atoms with van der Waals surface area (Å²) in [7, 11) is 3.97. The number of anilines is 1. The number of amides is 2. The molecule has 1 heterocycles. The zero-order valence-corrected chi connectivity index (χ0v) is 13.3. The number of thiazole rings is 1. The van der Waals surface area contributed by atoms with Gasteiger partial charge in [-0.15, -0.1) is 11.3 Å². The van der Waals surface area contributed by atoms with E-state index in [0.717, 1.165) is 17.8 Å². The van der Waals surface area contributed by atoms with Crippen molar-refractivity contribution < 1.29 is 4.79 Å². The van der Waals surface area contributed by atoms with Crippen molar-refractivity contribution >= 4 is 22.5 Å². The number of nitrogens with zero attached hydrogens (tertiary/aromatic N) is 2. The first-order valence-corrected chi connectivity index (χ1v) is 7.62. The maximum Gasteiger partial charge on any atom is 0.321 e. The van der Waals surface area contributed by atoms with Crippen LogP contribution in [0.25, 0.3) is 0 Å². The fraction of sp³-hybridized carbons (Fsp3) is 0.333. The van der Waals surface area contributed by atoms with Crippen LogP contribution in [0.4, 0.5) is 9.93 Å². The van der Waals surface area contributed by atoms with Crippen molar-refractivity contribution in [3.63, 3.8) is 0 Å². The van der Waals surface area contributed by atoms with Gasteiger partial charge >= 0.3 is 6.03 Å². The molecule has 0 fully saturated rings. The molecule has 2 amide bonds. The Kier molecular flexibility index (Phi) is 5.30. The minimum Gasteiger partial charge on any atom is -0.330 e. The van der Waals surface area contributed by atoms with Crippen LogP contribution in [0.5, 0.6) is 0 Å². The Hall–Kier alpha value is -1.92. The summed E-state index contributed by atoms with van der Waals surface area (Å²) in [6.07, 6.45) is 0. The van der Waals surface area contributed by atoms with E-state index in [1.54, 1.807) is 0 Å². The number of carbonyl (C=O) groups excluding carboxylic acids is 1. The minimum atomic E-state index is -0.236. The predicted octanol–water partition coefficient (Wildman–Crippen LogP) is 2.88. The Bertz CT molecular complexity index is 582. The fourth-order valence-corrected chi connectivity index (χ4v) is 2.67. The molecule has 0 spiro atoms. The molecule has 0 aliphatic rings. The van der Waals surface area contributed by atoms with Crippen molar-refractivity contribution in [3.05, 3.63) is 47.0 Å². The van der Waals surface area contributed by atoms with E-state index in [1.165, 1.54) is 11.3 Å². The van der Waals surface area contributed by atoms with Crippen LogP contribution in [-0.4, -0.2) is 36.6 Å². The van der Waals surface area contributed by atoms with E-state index in [0.29, 0.717) is 5.13 Å². The van der Waals surface area contributed by atoms with Gasteiger partial charge in [-0.05, 0) is 26.6 Å². The zero-order chi connectivity index (χ0) is 15.2. The predicted molar refractivity (Wildman–Crippen MR) is 86.7 cm³/mol. The second kappa shape index (κ2) is 7.19. The average Bonchev–Trinajstić information content (AvgIpc) is 2.83. The molecule has 0 bridgehead atoms. The van der Waals surface area contributed by atoms with Crippen LogP contribution >= 0.6 is 11.3 Å². The Labute approximate surface area is 129 Å². The molecule has 1 aromatic carbocycles. The van der Waals surface area contributed by atoms with Gasteiger partial charge in [0.2, 0.25) is 0 Å². The van der Waals surface area contributed by atoms with Crippen LogP contribution < -0.4 is 10.6 Å². The summed E-state index contributed by atoms with van der Waals surface area (Å²) in [5.74, 6) is 0. The lowest BCUT2D eigenvalue weighted by atomic mass is 10.1. The van der Waals surface area contributed by atoms with Crippen molar-refractivity contribution in [2.75, 3.05) is 26.0 Å². The summed E-state index contributed by atoms with van der Waals surface area (Å²) in [6, 6.07) is 9.64. The summed E-state index contributed by atoms with van der Waals surface area (Å²) < 4.78 is 0. The fourth-order valence-electron chi connectivity index (χ4n) is 1.99. The van der Waals surface area contributed by atoms with E-state index in [2.05, 4.69) is 15.6 Å². The third kappa shape index (κ3) is 4.84. The van der Waals surface area contributed by atoms with E-state index in [4.69, 9.17) is 0 Å². The van der Waals surface area contributed by atoms with Gasteiger partial charge in [-0.3, -0.25) is 5.32 Å². The maximum absolute atomic E-state index is 12.1. The van der Waals surface area contributed by atoms with Gasteiger partial charge in [-0.1, -0.05) is 30.3 Å². The molecule has 0 radical (unpaired) electrons. The molecule has 1 atom stereocenters. The zero-order valence-electron chi connectivity index (χ0n) is 12.5. The van der Waals surface area contributed by atoms with E-state index < -0.39 is 0 Å². The van der Waals surface area contributed by atoms with Crippen molar-refractivity contribution in [2.24, 2.45) is 0 Å². The minimum absolute atomic E-state index is 0.0674. The van der Waals surface area contributed by atoms with Crippen LogP contribution in [0.2, 0.25) is 0 Å². The summed E-state index contributed by atoms with van der Waals surface area (Å²) in [5.41, 5.74) is 1.99. The van der Waals surface area contributed by atoms with Gasteiger partial charge in [-0.2, -0.15) is 0 Å². The molecule has 5 nitrogen and oxygen atoms in total. The highest BCUT2D eigenvalue weighted by atomic mass is 32.1. The first-order chi connectivity index (χ1) is 10.0. The molecule has 1 unspecified atom stereocenters. The molecule has 2 N–H and O–H groups in total. The first kappa shape index (κ1) is 15.5. The molecule has 0 aliphatic carbocycles. The Morgan fingerprint density at radius 1 is 1.33 bits per heavy atom. The number of rotatable bonds is 5. The number of aromatic nitrogens is 1. The van der Waals surface area contributed by atoms with Crippen LogP contribution in [-0.2, 0) is 0 Å². The molecule has 2 aromatic rings. The third-order valence-electron chi connectivity index (χ3n) is 2.89. The van der Waals surface area contributed by atoms with Gasteiger partial charge in [-0.25, -0.2) is 9.78 Å². The summed E-state index contributed by atoms with van der Waals surface area (Å²) in [4.78, 5) is 18.4. The second-order valence-corrected chi connectivity index (χ2v) is 5.98. The monoisotopic (exact) mass is 304 g/mol. The molecule has 21 heavy (non-hydrogen) atoms. The normalized spacial score (nSPS) is 12.2. The SMILES string of the molecule is Cc1csc(NC(=O)NC(CN(C)C)c2ccccc2)n1. The van der Waals surface area contributed by atoms with Crippen LogP contribution in [0.15, 0.2) is 35.7 Å². The molecular formula is C15H20N4OS. The average molecular weight is 304 g/mol. The standard InChI is InChI=1S/C15H20N4OS/c1-11-10-21-15(16-11)18-14(20)17-13(9-19(2)3)12-7-5-4-6-8-12/h4-8,10,13H,9H2,1-3H3,(H2,16,17,18,20). The lowest BCUT2D eigenvalue weighted by Crippen LogP contribution is -2.37. The van der Waals surface area contributed by atoms with E-state index in [1.807, 2.05) is 61.6 Å². The molecular weight excluding hydrogens is 284 g/mol. The summed E-state index contributed by atoms with van der Waals surface area (Å²) in [6.45, 7) is 2.63. The number of benzene rings is 1. The van der Waals surface area contributed by atoms with Gasteiger partial charge in [0, 0.05) is 11.9 Å². The van der Waals surface area contributed by atoms with Crippen molar-refractivity contribution in [3.8, 4) is 0 Å². The van der Waals surface area contributed by atoms with Crippen molar-refractivity contribution in [1.82, 2.24) is 15.2 Å². The Morgan fingerprint density at radius 2 is 2.05 bits per heavy atom. The molecule has 0 saturated heterocycles. The lowest BCUT2D eigenvalue weighted by Gasteiger charge is -2.22. The Morgan fingerprint density at radius 3 is 2.62 bits per heavy atom. The Balaban J connectivity index is 2.02. The quantitative estimate of drug-likeness (QED) is 0.893. The first-order valence-electron chi connectivity index (χ1n) is 6.74. The van der Waals surface area contributed by atoms with Crippen LogP contribution in [0.3, 0.4) is 0 Å². The topological polar surface area (TPSA) is 57.3 Å².